The minimum Gasteiger partial charge on any atom is -0.508 e. The van der Waals surface area contributed by atoms with E-state index in [0.717, 1.165) is 5.56 Å². The topological polar surface area (TPSA) is 85.2 Å². The molecule has 1 heterocycles. The summed E-state index contributed by atoms with van der Waals surface area (Å²) in [4.78, 5) is 4.29. The summed E-state index contributed by atoms with van der Waals surface area (Å²) in [5, 5.41) is 13.1. The number of nitrogens with two attached hydrogens (primary N) is 1. The lowest BCUT2D eigenvalue weighted by Crippen LogP contribution is -2.34. The van der Waals surface area contributed by atoms with Gasteiger partial charge in [-0.3, -0.25) is 0 Å². The van der Waals surface area contributed by atoms with Gasteiger partial charge < -0.3 is 15.4 Å². The van der Waals surface area contributed by atoms with Crippen molar-refractivity contribution in [2.75, 3.05) is 0 Å². The van der Waals surface area contributed by atoms with Gasteiger partial charge in [0.1, 0.15) is 5.75 Å². The largest absolute Gasteiger partial charge is 0.508 e. The first-order valence-corrected chi connectivity index (χ1v) is 5.81. The van der Waals surface area contributed by atoms with Crippen molar-refractivity contribution in [3.05, 3.63) is 41.5 Å². The maximum Gasteiger partial charge on any atom is 0.228 e. The lowest BCUT2D eigenvalue weighted by molar-refractivity contribution is 0.345. The summed E-state index contributed by atoms with van der Waals surface area (Å²) in [6.07, 6.45) is 1.13. The molecular weight excluding hydrogens is 230 g/mol. The Bertz CT molecular complexity index is 512. The predicted octanol–water partition coefficient (Wildman–Crippen LogP) is 1.65. The number of benzene rings is 1. The molecule has 0 aliphatic rings. The second-order valence-corrected chi connectivity index (χ2v) is 5.11. The SMILES string of the molecule is CC(C)(N)Cc1nc(Cc2ccc(O)cc2)no1. The zero-order chi connectivity index (χ0) is 13.2. The monoisotopic (exact) mass is 247 g/mol. The second kappa shape index (κ2) is 4.78. The highest BCUT2D eigenvalue weighted by Gasteiger charge is 2.17. The zero-order valence-electron chi connectivity index (χ0n) is 10.6. The van der Waals surface area contributed by atoms with Gasteiger partial charge in [0.05, 0.1) is 0 Å². The molecule has 0 radical (unpaired) electrons. The van der Waals surface area contributed by atoms with Gasteiger partial charge in [-0.2, -0.15) is 4.98 Å². The van der Waals surface area contributed by atoms with Crippen LogP contribution in [0.25, 0.3) is 0 Å². The van der Waals surface area contributed by atoms with E-state index in [4.69, 9.17) is 10.3 Å². The molecule has 0 saturated carbocycles. The fourth-order valence-corrected chi connectivity index (χ4v) is 1.62. The maximum atomic E-state index is 9.19. The Morgan fingerprint density at radius 1 is 1.28 bits per heavy atom. The number of phenols is 1. The molecule has 5 nitrogen and oxygen atoms in total. The molecule has 2 aromatic rings. The van der Waals surface area contributed by atoms with Crippen molar-refractivity contribution in [2.24, 2.45) is 5.73 Å². The summed E-state index contributed by atoms with van der Waals surface area (Å²) in [5.41, 5.74) is 6.55. The van der Waals surface area contributed by atoms with Crippen LogP contribution in [0.1, 0.15) is 31.1 Å². The molecular formula is C13H17N3O2. The Morgan fingerprint density at radius 2 is 1.94 bits per heavy atom. The number of phenolic OH excluding ortho intramolecular Hbond substituents is 1. The van der Waals surface area contributed by atoms with E-state index in [1.165, 1.54) is 0 Å². The normalized spacial score (nSPS) is 11.7. The molecule has 0 spiro atoms. The van der Waals surface area contributed by atoms with E-state index in [-0.39, 0.29) is 11.3 Å². The zero-order valence-corrected chi connectivity index (χ0v) is 10.6. The third-order valence-electron chi connectivity index (χ3n) is 2.42. The first-order chi connectivity index (χ1) is 8.42. The molecule has 0 atom stereocenters. The smallest absolute Gasteiger partial charge is 0.228 e. The highest BCUT2D eigenvalue weighted by Crippen LogP contribution is 2.13. The van der Waals surface area contributed by atoms with Gasteiger partial charge in [0.2, 0.25) is 5.89 Å². The number of nitrogens with zero attached hydrogens (tertiary/aromatic N) is 2. The summed E-state index contributed by atoms with van der Waals surface area (Å²) in [7, 11) is 0. The average Bonchev–Trinajstić information content (AvgIpc) is 2.66. The number of hydrogen-bond acceptors (Lipinski definition) is 5. The van der Waals surface area contributed by atoms with E-state index in [0.29, 0.717) is 24.6 Å². The van der Waals surface area contributed by atoms with Crippen LogP contribution in [0.4, 0.5) is 0 Å². The van der Waals surface area contributed by atoms with Gasteiger partial charge in [-0.25, -0.2) is 0 Å². The van der Waals surface area contributed by atoms with Gasteiger partial charge in [0.25, 0.3) is 0 Å². The van der Waals surface area contributed by atoms with Crippen molar-refractivity contribution in [1.29, 1.82) is 0 Å². The third-order valence-corrected chi connectivity index (χ3v) is 2.42. The van der Waals surface area contributed by atoms with Crippen LogP contribution in [0.3, 0.4) is 0 Å². The summed E-state index contributed by atoms with van der Waals surface area (Å²) >= 11 is 0. The van der Waals surface area contributed by atoms with Gasteiger partial charge >= 0.3 is 0 Å². The Balaban J connectivity index is 2.04. The number of aromatic hydroxyl groups is 1. The van der Waals surface area contributed by atoms with Crippen molar-refractivity contribution >= 4 is 0 Å². The number of rotatable bonds is 4. The lowest BCUT2D eigenvalue weighted by atomic mass is 10.0. The predicted molar refractivity (Wildman–Crippen MR) is 67.2 cm³/mol. The van der Waals surface area contributed by atoms with Crippen LogP contribution in [-0.4, -0.2) is 20.8 Å². The Kier molecular flexibility index (Phi) is 3.34. The molecule has 3 N–H and O–H groups in total. The highest BCUT2D eigenvalue weighted by atomic mass is 16.5. The first-order valence-electron chi connectivity index (χ1n) is 5.81. The Morgan fingerprint density at radius 3 is 2.56 bits per heavy atom. The van der Waals surface area contributed by atoms with Crippen molar-refractivity contribution in [1.82, 2.24) is 10.1 Å². The van der Waals surface area contributed by atoms with Crippen molar-refractivity contribution < 1.29 is 9.63 Å². The molecule has 1 aromatic heterocycles. The molecule has 18 heavy (non-hydrogen) atoms. The summed E-state index contributed by atoms with van der Waals surface area (Å²) in [5.74, 6) is 1.42. The van der Waals surface area contributed by atoms with Crippen LogP contribution < -0.4 is 5.73 Å². The molecule has 0 aliphatic heterocycles. The van der Waals surface area contributed by atoms with E-state index in [1.54, 1.807) is 12.1 Å². The van der Waals surface area contributed by atoms with Crippen LogP contribution in [0, 0.1) is 0 Å². The minimum absolute atomic E-state index is 0.248. The molecule has 96 valence electrons. The molecule has 0 saturated heterocycles. The summed E-state index contributed by atoms with van der Waals surface area (Å²) < 4.78 is 5.15. The van der Waals surface area contributed by atoms with Crippen molar-refractivity contribution in [2.45, 2.75) is 32.2 Å². The van der Waals surface area contributed by atoms with Crippen LogP contribution in [0.5, 0.6) is 5.75 Å². The Hall–Kier alpha value is -1.88. The molecule has 0 fully saturated rings. The fraction of sp³-hybridized carbons (Fsp3) is 0.385. The van der Waals surface area contributed by atoms with Crippen molar-refractivity contribution in [3.8, 4) is 5.75 Å². The highest BCUT2D eigenvalue weighted by molar-refractivity contribution is 5.27. The second-order valence-electron chi connectivity index (χ2n) is 5.11. The molecule has 1 aromatic carbocycles. The molecule has 2 rings (SSSR count). The van der Waals surface area contributed by atoms with E-state index in [2.05, 4.69) is 10.1 Å². The standard InChI is InChI=1S/C13H17N3O2/c1-13(2,14)8-12-15-11(16-18-12)7-9-3-5-10(17)6-4-9/h3-6,17H,7-8,14H2,1-2H3. The summed E-state index contributed by atoms with van der Waals surface area (Å²) in [6, 6.07) is 6.94. The lowest BCUT2D eigenvalue weighted by Gasteiger charge is -2.14. The van der Waals surface area contributed by atoms with Gasteiger partial charge in [-0.1, -0.05) is 17.3 Å². The Labute approximate surface area is 106 Å². The molecule has 0 amide bonds. The van der Waals surface area contributed by atoms with Crippen LogP contribution in [0.15, 0.2) is 28.8 Å². The quantitative estimate of drug-likeness (QED) is 0.858. The van der Waals surface area contributed by atoms with Gasteiger partial charge in [0, 0.05) is 18.4 Å². The van der Waals surface area contributed by atoms with E-state index in [9.17, 15) is 5.11 Å². The van der Waals surface area contributed by atoms with Gasteiger partial charge in [0.15, 0.2) is 5.82 Å². The molecule has 0 aliphatic carbocycles. The summed E-state index contributed by atoms with van der Waals surface area (Å²) in [6.45, 7) is 3.83. The molecule has 0 unspecified atom stereocenters. The first kappa shape index (κ1) is 12.6. The van der Waals surface area contributed by atoms with Crippen LogP contribution in [0.2, 0.25) is 0 Å². The fourth-order valence-electron chi connectivity index (χ4n) is 1.62. The van der Waals surface area contributed by atoms with E-state index < -0.39 is 0 Å². The number of aromatic nitrogens is 2. The maximum absolute atomic E-state index is 9.19. The van der Waals surface area contributed by atoms with Gasteiger partial charge in [-0.15, -0.1) is 0 Å². The minimum atomic E-state index is -0.359. The van der Waals surface area contributed by atoms with Crippen LogP contribution >= 0.6 is 0 Å². The molecule has 5 heteroatoms. The number of hydrogen-bond donors (Lipinski definition) is 2. The van der Waals surface area contributed by atoms with Crippen molar-refractivity contribution in [3.63, 3.8) is 0 Å². The van der Waals surface area contributed by atoms with Gasteiger partial charge in [-0.05, 0) is 31.5 Å². The van der Waals surface area contributed by atoms with Crippen LogP contribution in [-0.2, 0) is 12.8 Å². The third kappa shape index (κ3) is 3.56. The van der Waals surface area contributed by atoms with E-state index in [1.807, 2.05) is 26.0 Å². The van der Waals surface area contributed by atoms with E-state index >= 15 is 0 Å². The molecule has 0 bridgehead atoms. The average molecular weight is 247 g/mol.